The highest BCUT2D eigenvalue weighted by atomic mass is 79.9. The lowest BCUT2D eigenvalue weighted by molar-refractivity contribution is -0.0149. The summed E-state index contributed by atoms with van der Waals surface area (Å²) in [5.74, 6) is 0.732. The van der Waals surface area contributed by atoms with Gasteiger partial charge in [-0.2, -0.15) is 4.98 Å². The summed E-state index contributed by atoms with van der Waals surface area (Å²) in [7, 11) is 0. The van der Waals surface area contributed by atoms with E-state index in [1.165, 1.54) is 0 Å². The van der Waals surface area contributed by atoms with E-state index >= 15 is 0 Å². The highest BCUT2D eigenvalue weighted by Gasteiger charge is 2.30. The van der Waals surface area contributed by atoms with Crippen LogP contribution in [0.15, 0.2) is 33.3 Å². The second kappa shape index (κ2) is 5.40. The predicted octanol–water partition coefficient (Wildman–Crippen LogP) is 2.36. The average Bonchev–Trinajstić information content (AvgIpc) is 2.89. The second-order valence-electron chi connectivity index (χ2n) is 4.50. The van der Waals surface area contributed by atoms with Gasteiger partial charge in [-0.1, -0.05) is 21.1 Å². The number of halogens is 1. The molecule has 0 bridgehead atoms. The lowest BCUT2D eigenvalue weighted by Crippen LogP contribution is -2.30. The summed E-state index contributed by atoms with van der Waals surface area (Å²) in [6.45, 7) is 0.995. The Balaban J connectivity index is 1.84. The maximum atomic E-state index is 9.92. The van der Waals surface area contributed by atoms with E-state index in [0.717, 1.165) is 10.0 Å². The molecule has 5 nitrogen and oxygen atoms in total. The van der Waals surface area contributed by atoms with Crippen LogP contribution in [0.25, 0.3) is 11.4 Å². The monoisotopic (exact) mass is 324 g/mol. The predicted molar refractivity (Wildman–Crippen MR) is 71.6 cm³/mol. The average molecular weight is 325 g/mol. The number of nitrogens with zero attached hydrogens (tertiary/aromatic N) is 2. The number of hydrogen-bond donors (Lipinski definition) is 1. The minimum Gasteiger partial charge on any atom is -0.392 e. The third kappa shape index (κ3) is 2.70. The molecule has 2 unspecified atom stereocenters. The summed E-state index contributed by atoms with van der Waals surface area (Å²) in [4.78, 5) is 4.35. The minimum atomic E-state index is -0.480. The lowest BCUT2D eigenvalue weighted by atomic mass is 9.99. The molecule has 6 heteroatoms. The van der Waals surface area contributed by atoms with Gasteiger partial charge in [0.25, 0.3) is 0 Å². The molecule has 1 fully saturated rings. The largest absolute Gasteiger partial charge is 0.392 e. The maximum absolute atomic E-state index is 9.92. The van der Waals surface area contributed by atoms with Gasteiger partial charge in [0, 0.05) is 16.6 Å². The second-order valence-corrected chi connectivity index (χ2v) is 5.42. The van der Waals surface area contributed by atoms with Crippen LogP contribution in [0.1, 0.15) is 18.2 Å². The smallest absolute Gasteiger partial charge is 0.235 e. The molecule has 1 aromatic heterocycles. The molecule has 1 aromatic carbocycles. The van der Waals surface area contributed by atoms with E-state index in [-0.39, 0.29) is 5.92 Å². The Morgan fingerprint density at radius 3 is 2.79 bits per heavy atom. The molecule has 0 aliphatic carbocycles. The van der Waals surface area contributed by atoms with Gasteiger partial charge in [0.15, 0.2) is 0 Å². The molecule has 0 spiro atoms. The summed E-state index contributed by atoms with van der Waals surface area (Å²) in [6, 6.07) is 7.66. The van der Waals surface area contributed by atoms with Gasteiger partial charge < -0.3 is 14.4 Å². The van der Waals surface area contributed by atoms with Crippen molar-refractivity contribution in [2.24, 2.45) is 0 Å². The van der Waals surface area contributed by atoms with Gasteiger partial charge in [-0.15, -0.1) is 0 Å². The molecule has 2 atom stereocenters. The van der Waals surface area contributed by atoms with Crippen molar-refractivity contribution in [2.45, 2.75) is 18.4 Å². The molecule has 2 heterocycles. The van der Waals surface area contributed by atoms with E-state index in [1.54, 1.807) is 0 Å². The van der Waals surface area contributed by atoms with Gasteiger partial charge in [0.05, 0.1) is 18.6 Å². The van der Waals surface area contributed by atoms with Gasteiger partial charge in [-0.25, -0.2) is 0 Å². The number of rotatable bonds is 2. The van der Waals surface area contributed by atoms with E-state index in [2.05, 4.69) is 26.1 Å². The van der Waals surface area contributed by atoms with Gasteiger partial charge >= 0.3 is 0 Å². The van der Waals surface area contributed by atoms with Gasteiger partial charge in [0.2, 0.25) is 11.7 Å². The van der Waals surface area contributed by atoms with Crippen LogP contribution in [0.4, 0.5) is 0 Å². The Hall–Kier alpha value is -1.24. The molecular weight excluding hydrogens is 312 g/mol. The SMILES string of the molecule is OC1CCOCC1c1nc(-c2ccc(Br)cc2)no1. The molecule has 1 saturated heterocycles. The van der Waals surface area contributed by atoms with E-state index in [0.29, 0.717) is 31.3 Å². The van der Waals surface area contributed by atoms with Crippen molar-refractivity contribution in [1.29, 1.82) is 0 Å². The molecule has 1 N–H and O–H groups in total. The normalized spacial score (nSPS) is 23.5. The fourth-order valence-electron chi connectivity index (χ4n) is 2.06. The van der Waals surface area contributed by atoms with Crippen molar-refractivity contribution >= 4 is 15.9 Å². The number of aliphatic hydroxyl groups excluding tert-OH is 1. The number of ether oxygens (including phenoxy) is 1. The third-order valence-electron chi connectivity index (χ3n) is 3.18. The highest BCUT2D eigenvalue weighted by Crippen LogP contribution is 2.27. The van der Waals surface area contributed by atoms with Crippen LogP contribution in [0.2, 0.25) is 0 Å². The molecule has 3 rings (SSSR count). The summed E-state index contributed by atoms with van der Waals surface area (Å²) in [5, 5.41) is 13.9. The molecule has 0 radical (unpaired) electrons. The van der Waals surface area contributed by atoms with Gasteiger partial charge in [-0.3, -0.25) is 0 Å². The van der Waals surface area contributed by atoms with Crippen molar-refractivity contribution in [2.75, 3.05) is 13.2 Å². The van der Waals surface area contributed by atoms with Gasteiger partial charge in [-0.05, 0) is 30.7 Å². The highest BCUT2D eigenvalue weighted by molar-refractivity contribution is 9.10. The van der Waals surface area contributed by atoms with E-state index in [1.807, 2.05) is 24.3 Å². The van der Waals surface area contributed by atoms with Crippen molar-refractivity contribution in [3.05, 3.63) is 34.6 Å². The number of benzene rings is 1. The molecule has 100 valence electrons. The summed E-state index contributed by atoms with van der Waals surface area (Å²) >= 11 is 3.38. The Labute approximate surface area is 118 Å². The standard InChI is InChI=1S/C13H13BrN2O3/c14-9-3-1-8(2-4-9)12-15-13(19-16-12)10-7-18-6-5-11(10)17/h1-4,10-11,17H,5-7H2. The van der Waals surface area contributed by atoms with Crippen LogP contribution in [0.5, 0.6) is 0 Å². The van der Waals surface area contributed by atoms with Crippen molar-refractivity contribution in [3.63, 3.8) is 0 Å². The number of aliphatic hydroxyl groups is 1. The zero-order valence-corrected chi connectivity index (χ0v) is 11.7. The first-order valence-corrected chi connectivity index (χ1v) is 6.88. The third-order valence-corrected chi connectivity index (χ3v) is 3.71. The van der Waals surface area contributed by atoms with Crippen molar-refractivity contribution < 1.29 is 14.4 Å². The molecule has 1 aliphatic rings. The summed E-state index contributed by atoms with van der Waals surface area (Å²) in [6.07, 6.45) is 0.118. The molecular formula is C13H13BrN2O3. The Kier molecular flexibility index (Phi) is 3.63. The molecule has 19 heavy (non-hydrogen) atoms. The number of aromatic nitrogens is 2. The maximum Gasteiger partial charge on any atom is 0.235 e. The lowest BCUT2D eigenvalue weighted by Gasteiger charge is -2.24. The quantitative estimate of drug-likeness (QED) is 0.918. The topological polar surface area (TPSA) is 68.4 Å². The number of hydrogen-bond acceptors (Lipinski definition) is 5. The Morgan fingerprint density at radius 2 is 2.05 bits per heavy atom. The Morgan fingerprint density at radius 1 is 1.26 bits per heavy atom. The summed E-state index contributed by atoms with van der Waals surface area (Å²) in [5.41, 5.74) is 0.879. The zero-order valence-electron chi connectivity index (χ0n) is 10.1. The molecule has 0 amide bonds. The van der Waals surface area contributed by atoms with Crippen LogP contribution in [-0.4, -0.2) is 34.6 Å². The fraction of sp³-hybridized carbons (Fsp3) is 0.385. The first-order valence-electron chi connectivity index (χ1n) is 6.09. The molecule has 0 saturated carbocycles. The zero-order chi connectivity index (χ0) is 13.2. The van der Waals surface area contributed by atoms with Crippen LogP contribution in [0, 0.1) is 0 Å². The molecule has 1 aliphatic heterocycles. The van der Waals surface area contributed by atoms with E-state index in [4.69, 9.17) is 9.26 Å². The van der Waals surface area contributed by atoms with Crippen molar-refractivity contribution in [1.82, 2.24) is 10.1 Å². The van der Waals surface area contributed by atoms with Crippen LogP contribution < -0.4 is 0 Å². The van der Waals surface area contributed by atoms with Gasteiger partial charge in [0.1, 0.15) is 0 Å². The van der Waals surface area contributed by atoms with Crippen molar-refractivity contribution in [3.8, 4) is 11.4 Å². The van der Waals surface area contributed by atoms with Crippen LogP contribution in [-0.2, 0) is 4.74 Å². The first kappa shape index (κ1) is 12.8. The van der Waals surface area contributed by atoms with E-state index in [9.17, 15) is 5.11 Å². The molecule has 2 aromatic rings. The fourth-order valence-corrected chi connectivity index (χ4v) is 2.33. The van der Waals surface area contributed by atoms with E-state index < -0.39 is 6.10 Å². The first-order chi connectivity index (χ1) is 9.24. The Bertz CT molecular complexity index is 555. The van der Waals surface area contributed by atoms with Crippen LogP contribution >= 0.6 is 15.9 Å². The summed E-state index contributed by atoms with van der Waals surface area (Å²) < 4.78 is 11.6. The minimum absolute atomic E-state index is 0.231. The van der Waals surface area contributed by atoms with Crippen LogP contribution in [0.3, 0.4) is 0 Å².